The smallest absolute Gasteiger partial charge is 0.186 e. The van der Waals surface area contributed by atoms with Gasteiger partial charge in [-0.05, 0) is 25.7 Å². The van der Waals surface area contributed by atoms with Crippen LogP contribution in [0.1, 0.15) is 50.1 Å². The second kappa shape index (κ2) is 5.83. The SMILES string of the molecule is CCCc1nc(N(CCC)C2CC2)sc1CO. The number of aryl methyl sites for hydroxylation is 1. The predicted molar refractivity (Wildman–Crippen MR) is 72.7 cm³/mol. The molecule has 0 aromatic carbocycles. The van der Waals surface area contributed by atoms with Crippen molar-refractivity contribution in [2.45, 2.75) is 58.6 Å². The summed E-state index contributed by atoms with van der Waals surface area (Å²) in [6, 6.07) is 0.710. The molecule has 0 spiro atoms. The first-order valence-electron chi connectivity index (χ1n) is 6.66. The summed E-state index contributed by atoms with van der Waals surface area (Å²) in [4.78, 5) is 8.23. The second-order valence-electron chi connectivity index (χ2n) is 4.70. The Labute approximate surface area is 107 Å². The number of nitrogens with zero attached hydrogens (tertiary/aromatic N) is 2. The minimum atomic E-state index is 0.137. The van der Waals surface area contributed by atoms with Gasteiger partial charge in [-0.2, -0.15) is 0 Å². The fourth-order valence-electron chi connectivity index (χ4n) is 2.11. The molecule has 1 N–H and O–H groups in total. The molecule has 0 radical (unpaired) electrons. The normalized spacial score (nSPS) is 15.2. The Bertz CT molecular complexity index is 360. The van der Waals surface area contributed by atoms with Gasteiger partial charge in [0.05, 0.1) is 17.2 Å². The molecular formula is C13H22N2OS. The third-order valence-corrected chi connectivity index (χ3v) is 4.21. The molecular weight excluding hydrogens is 232 g/mol. The van der Waals surface area contributed by atoms with E-state index in [1.165, 1.54) is 12.8 Å². The van der Waals surface area contributed by atoms with Crippen LogP contribution in [-0.4, -0.2) is 22.7 Å². The Morgan fingerprint density at radius 1 is 1.35 bits per heavy atom. The van der Waals surface area contributed by atoms with Crippen molar-refractivity contribution in [2.24, 2.45) is 0 Å². The first-order chi connectivity index (χ1) is 8.30. The molecule has 0 saturated heterocycles. The maximum atomic E-state index is 9.38. The van der Waals surface area contributed by atoms with Crippen LogP contribution in [-0.2, 0) is 13.0 Å². The molecule has 0 amide bonds. The van der Waals surface area contributed by atoms with Crippen molar-refractivity contribution >= 4 is 16.5 Å². The van der Waals surface area contributed by atoms with Crippen LogP contribution in [0.25, 0.3) is 0 Å². The van der Waals surface area contributed by atoms with Gasteiger partial charge in [0.15, 0.2) is 5.13 Å². The summed E-state index contributed by atoms with van der Waals surface area (Å²) in [6.07, 6.45) is 5.84. The van der Waals surface area contributed by atoms with Crippen LogP contribution in [0.15, 0.2) is 0 Å². The number of aromatic nitrogens is 1. The van der Waals surface area contributed by atoms with Crippen LogP contribution in [0, 0.1) is 0 Å². The average Bonchev–Trinajstić information content (AvgIpc) is 3.08. The van der Waals surface area contributed by atoms with Gasteiger partial charge in [-0.3, -0.25) is 0 Å². The summed E-state index contributed by atoms with van der Waals surface area (Å²) in [5.74, 6) is 0. The zero-order chi connectivity index (χ0) is 12.3. The van der Waals surface area contributed by atoms with E-state index in [9.17, 15) is 5.11 Å². The highest BCUT2D eigenvalue weighted by Crippen LogP contribution is 2.35. The van der Waals surface area contributed by atoms with Crippen LogP contribution < -0.4 is 4.90 Å². The summed E-state index contributed by atoms with van der Waals surface area (Å²) in [6.45, 7) is 5.60. The predicted octanol–water partition coefficient (Wildman–Crippen LogP) is 2.97. The minimum Gasteiger partial charge on any atom is -0.391 e. The van der Waals surface area contributed by atoms with Crippen molar-refractivity contribution < 1.29 is 5.11 Å². The van der Waals surface area contributed by atoms with Gasteiger partial charge in [0.2, 0.25) is 0 Å². The van der Waals surface area contributed by atoms with Gasteiger partial charge >= 0.3 is 0 Å². The highest BCUT2D eigenvalue weighted by molar-refractivity contribution is 7.15. The van der Waals surface area contributed by atoms with E-state index >= 15 is 0 Å². The fraction of sp³-hybridized carbons (Fsp3) is 0.769. The van der Waals surface area contributed by atoms with E-state index in [0.29, 0.717) is 6.04 Å². The molecule has 96 valence electrons. The Morgan fingerprint density at radius 3 is 2.65 bits per heavy atom. The van der Waals surface area contributed by atoms with Crippen molar-refractivity contribution in [3.8, 4) is 0 Å². The number of hydrogen-bond acceptors (Lipinski definition) is 4. The topological polar surface area (TPSA) is 36.4 Å². The second-order valence-corrected chi connectivity index (χ2v) is 5.76. The van der Waals surface area contributed by atoms with Crippen LogP contribution in [0.5, 0.6) is 0 Å². The summed E-state index contributed by atoms with van der Waals surface area (Å²) >= 11 is 1.68. The minimum absolute atomic E-state index is 0.137. The third-order valence-electron chi connectivity index (χ3n) is 3.10. The maximum Gasteiger partial charge on any atom is 0.186 e. The number of hydrogen-bond donors (Lipinski definition) is 1. The van der Waals surface area contributed by atoms with Gasteiger partial charge in [-0.25, -0.2) is 4.98 Å². The quantitative estimate of drug-likeness (QED) is 0.812. The first-order valence-corrected chi connectivity index (χ1v) is 7.47. The summed E-state index contributed by atoms with van der Waals surface area (Å²) in [7, 11) is 0. The van der Waals surface area contributed by atoms with Crippen molar-refractivity contribution in [2.75, 3.05) is 11.4 Å². The Kier molecular flexibility index (Phi) is 4.40. The molecule has 1 saturated carbocycles. The number of thiazole rings is 1. The lowest BCUT2D eigenvalue weighted by molar-refractivity contribution is 0.284. The zero-order valence-electron chi connectivity index (χ0n) is 10.8. The molecule has 3 nitrogen and oxygen atoms in total. The van der Waals surface area contributed by atoms with E-state index in [1.807, 2.05) is 0 Å². The number of anilines is 1. The zero-order valence-corrected chi connectivity index (χ0v) is 11.6. The van der Waals surface area contributed by atoms with E-state index in [0.717, 1.165) is 41.5 Å². The largest absolute Gasteiger partial charge is 0.391 e. The molecule has 1 aliphatic rings. The lowest BCUT2D eigenvalue weighted by atomic mass is 10.2. The number of aliphatic hydroxyl groups is 1. The molecule has 2 rings (SSSR count). The van der Waals surface area contributed by atoms with Gasteiger partial charge in [-0.15, -0.1) is 0 Å². The molecule has 4 heteroatoms. The van der Waals surface area contributed by atoms with Crippen LogP contribution >= 0.6 is 11.3 Å². The molecule has 0 bridgehead atoms. The molecule has 1 fully saturated rings. The average molecular weight is 254 g/mol. The van der Waals surface area contributed by atoms with Gasteiger partial charge in [-0.1, -0.05) is 31.6 Å². The number of aliphatic hydroxyl groups excluding tert-OH is 1. The Hall–Kier alpha value is -0.610. The van der Waals surface area contributed by atoms with Gasteiger partial charge in [0.25, 0.3) is 0 Å². The summed E-state index contributed by atoms with van der Waals surface area (Å²) in [5.41, 5.74) is 1.11. The number of rotatable bonds is 7. The molecule has 17 heavy (non-hydrogen) atoms. The summed E-state index contributed by atoms with van der Waals surface area (Å²) in [5, 5.41) is 10.5. The van der Waals surface area contributed by atoms with E-state index in [4.69, 9.17) is 4.98 Å². The van der Waals surface area contributed by atoms with Crippen molar-refractivity contribution in [3.63, 3.8) is 0 Å². The molecule has 1 aromatic rings. The van der Waals surface area contributed by atoms with E-state index in [2.05, 4.69) is 18.7 Å². The highest BCUT2D eigenvalue weighted by Gasteiger charge is 2.30. The van der Waals surface area contributed by atoms with Crippen LogP contribution in [0.3, 0.4) is 0 Å². The molecule has 1 aromatic heterocycles. The monoisotopic (exact) mass is 254 g/mol. The highest BCUT2D eigenvalue weighted by atomic mass is 32.1. The fourth-order valence-corrected chi connectivity index (χ4v) is 3.17. The molecule has 1 heterocycles. The lowest BCUT2D eigenvalue weighted by Crippen LogP contribution is -2.26. The third kappa shape index (κ3) is 2.99. The summed E-state index contributed by atoms with van der Waals surface area (Å²) < 4.78 is 0. The van der Waals surface area contributed by atoms with Gasteiger partial charge in [0, 0.05) is 12.6 Å². The van der Waals surface area contributed by atoms with Gasteiger partial charge < -0.3 is 10.0 Å². The van der Waals surface area contributed by atoms with Gasteiger partial charge in [0.1, 0.15) is 0 Å². The Balaban J connectivity index is 2.17. The molecule has 1 aliphatic carbocycles. The van der Waals surface area contributed by atoms with E-state index in [1.54, 1.807) is 11.3 Å². The van der Waals surface area contributed by atoms with Crippen molar-refractivity contribution in [1.29, 1.82) is 0 Å². The van der Waals surface area contributed by atoms with Crippen LogP contribution in [0.2, 0.25) is 0 Å². The molecule has 0 atom stereocenters. The van der Waals surface area contributed by atoms with Crippen molar-refractivity contribution in [3.05, 3.63) is 10.6 Å². The van der Waals surface area contributed by atoms with Crippen LogP contribution in [0.4, 0.5) is 5.13 Å². The molecule has 0 unspecified atom stereocenters. The maximum absolute atomic E-state index is 9.38. The lowest BCUT2D eigenvalue weighted by Gasteiger charge is -2.20. The molecule has 0 aliphatic heterocycles. The first kappa shape index (κ1) is 12.8. The Morgan fingerprint density at radius 2 is 2.12 bits per heavy atom. The van der Waals surface area contributed by atoms with E-state index < -0.39 is 0 Å². The standard InChI is InChI=1S/C13H22N2OS/c1-3-5-11-12(9-16)17-13(14-11)15(8-4-2)10-6-7-10/h10,16H,3-9H2,1-2H3. The van der Waals surface area contributed by atoms with E-state index in [-0.39, 0.29) is 6.61 Å². The van der Waals surface area contributed by atoms with Crippen molar-refractivity contribution in [1.82, 2.24) is 4.98 Å².